The van der Waals surface area contributed by atoms with Crippen LogP contribution in [0.25, 0.3) is 0 Å². The van der Waals surface area contributed by atoms with Gasteiger partial charge in [-0.1, -0.05) is 29.4 Å². The highest BCUT2D eigenvalue weighted by Gasteiger charge is 2.23. The number of thiazole rings is 1. The molecule has 1 fully saturated rings. The molecule has 1 aromatic rings. The van der Waals surface area contributed by atoms with E-state index in [1.54, 1.807) is 0 Å². The van der Waals surface area contributed by atoms with Crippen molar-refractivity contribution in [2.45, 2.75) is 19.3 Å². The molecule has 1 aliphatic carbocycles. The van der Waals surface area contributed by atoms with Crippen molar-refractivity contribution < 1.29 is 9.53 Å². The lowest BCUT2D eigenvalue weighted by Gasteiger charge is -2.29. The normalized spacial score (nSPS) is 15.5. The molecular formula is C11H15ClN2O2S. The number of aromatic nitrogens is 1. The summed E-state index contributed by atoms with van der Waals surface area (Å²) in [6.45, 7) is 0.977. The molecule has 6 heteroatoms. The van der Waals surface area contributed by atoms with Gasteiger partial charge in [0.05, 0.1) is 7.11 Å². The first kappa shape index (κ1) is 12.6. The number of methoxy groups -OCH3 is 1. The maximum absolute atomic E-state index is 11.4. The molecular weight excluding hydrogens is 260 g/mol. The maximum Gasteiger partial charge on any atom is 0.351 e. The van der Waals surface area contributed by atoms with E-state index in [-0.39, 0.29) is 5.15 Å². The number of hydrogen-bond donors (Lipinski definition) is 0. The van der Waals surface area contributed by atoms with Crippen LogP contribution in [0.3, 0.4) is 0 Å². The van der Waals surface area contributed by atoms with Gasteiger partial charge in [-0.2, -0.15) is 0 Å². The molecule has 0 saturated heterocycles. The van der Waals surface area contributed by atoms with Gasteiger partial charge in [-0.15, -0.1) is 0 Å². The number of anilines is 1. The summed E-state index contributed by atoms with van der Waals surface area (Å²) >= 11 is 7.20. The minimum absolute atomic E-state index is 0.234. The van der Waals surface area contributed by atoms with Crippen LogP contribution >= 0.6 is 22.9 Å². The molecule has 94 valence electrons. The van der Waals surface area contributed by atoms with Crippen molar-refractivity contribution in [3.63, 3.8) is 0 Å². The Morgan fingerprint density at radius 2 is 2.35 bits per heavy atom. The van der Waals surface area contributed by atoms with E-state index in [0.29, 0.717) is 4.88 Å². The van der Waals surface area contributed by atoms with Gasteiger partial charge in [0.2, 0.25) is 0 Å². The first-order chi connectivity index (χ1) is 8.11. The number of ether oxygens (including phenoxy) is 1. The molecule has 17 heavy (non-hydrogen) atoms. The zero-order valence-corrected chi connectivity index (χ0v) is 11.5. The zero-order valence-electron chi connectivity index (χ0n) is 9.90. The molecule has 1 saturated carbocycles. The van der Waals surface area contributed by atoms with Gasteiger partial charge in [0.15, 0.2) is 15.2 Å². The van der Waals surface area contributed by atoms with E-state index in [0.717, 1.165) is 17.6 Å². The van der Waals surface area contributed by atoms with Crippen LogP contribution in [-0.4, -0.2) is 31.7 Å². The molecule has 0 amide bonds. The van der Waals surface area contributed by atoms with Crippen LogP contribution in [0.4, 0.5) is 5.13 Å². The summed E-state index contributed by atoms with van der Waals surface area (Å²) in [5, 5.41) is 1.01. The van der Waals surface area contributed by atoms with Gasteiger partial charge >= 0.3 is 5.97 Å². The molecule has 1 aromatic heterocycles. The lowest BCUT2D eigenvalue weighted by Crippen LogP contribution is -2.29. The minimum Gasteiger partial charge on any atom is -0.465 e. The van der Waals surface area contributed by atoms with Gasteiger partial charge < -0.3 is 9.64 Å². The van der Waals surface area contributed by atoms with Gasteiger partial charge in [-0.05, 0) is 18.8 Å². The number of carbonyl (C=O) groups excluding carboxylic acids is 1. The van der Waals surface area contributed by atoms with Crippen molar-refractivity contribution in [1.29, 1.82) is 0 Å². The lowest BCUT2D eigenvalue weighted by molar-refractivity contribution is 0.0606. The van der Waals surface area contributed by atoms with E-state index in [1.807, 2.05) is 7.05 Å². The standard InChI is InChI=1S/C11H15ClN2O2S/c1-14(6-7-4-3-5-7)11-13-9(12)8(17-11)10(15)16-2/h7H,3-6H2,1-2H3. The summed E-state index contributed by atoms with van der Waals surface area (Å²) in [4.78, 5) is 18.0. The van der Waals surface area contributed by atoms with Gasteiger partial charge in [0, 0.05) is 13.6 Å². The molecule has 0 aliphatic heterocycles. The quantitative estimate of drug-likeness (QED) is 0.792. The highest BCUT2D eigenvalue weighted by Crippen LogP contribution is 2.32. The molecule has 0 spiro atoms. The van der Waals surface area contributed by atoms with Crippen molar-refractivity contribution in [3.05, 3.63) is 10.0 Å². The molecule has 0 bridgehead atoms. The number of rotatable bonds is 4. The zero-order chi connectivity index (χ0) is 12.4. The number of esters is 1. The maximum atomic E-state index is 11.4. The fraction of sp³-hybridized carbons (Fsp3) is 0.636. The van der Waals surface area contributed by atoms with Crippen LogP contribution in [0, 0.1) is 5.92 Å². The van der Waals surface area contributed by atoms with Crippen LogP contribution in [0.5, 0.6) is 0 Å². The molecule has 0 N–H and O–H groups in total. The second-order valence-electron chi connectivity index (χ2n) is 4.29. The summed E-state index contributed by atoms with van der Waals surface area (Å²) in [6.07, 6.45) is 3.89. The lowest BCUT2D eigenvalue weighted by atomic mass is 9.85. The van der Waals surface area contributed by atoms with Crippen LogP contribution < -0.4 is 4.90 Å². The van der Waals surface area contributed by atoms with E-state index < -0.39 is 5.97 Å². The van der Waals surface area contributed by atoms with Crippen molar-refractivity contribution in [2.75, 3.05) is 25.6 Å². The van der Waals surface area contributed by atoms with Gasteiger partial charge in [0.1, 0.15) is 0 Å². The van der Waals surface area contributed by atoms with E-state index >= 15 is 0 Å². The molecule has 1 aliphatic rings. The SMILES string of the molecule is COC(=O)c1sc(N(C)CC2CCC2)nc1Cl. The minimum atomic E-state index is -0.421. The van der Waals surface area contributed by atoms with Crippen LogP contribution in [0.15, 0.2) is 0 Å². The highest BCUT2D eigenvalue weighted by molar-refractivity contribution is 7.18. The summed E-state index contributed by atoms with van der Waals surface area (Å²) in [5.41, 5.74) is 0. The van der Waals surface area contributed by atoms with Crippen molar-refractivity contribution in [1.82, 2.24) is 4.98 Å². The van der Waals surface area contributed by atoms with E-state index in [2.05, 4.69) is 14.6 Å². The Morgan fingerprint density at radius 1 is 1.65 bits per heavy atom. The summed E-state index contributed by atoms with van der Waals surface area (Å²) in [7, 11) is 3.32. The Kier molecular flexibility index (Phi) is 3.89. The number of halogens is 1. The summed E-state index contributed by atoms with van der Waals surface area (Å²) in [5.74, 6) is 0.333. The fourth-order valence-electron chi connectivity index (χ4n) is 1.81. The van der Waals surface area contributed by atoms with Crippen molar-refractivity contribution in [3.8, 4) is 0 Å². The number of nitrogens with zero attached hydrogens (tertiary/aromatic N) is 2. The Labute approximate surface area is 110 Å². The Balaban J connectivity index is 2.07. The van der Waals surface area contributed by atoms with Crippen LogP contribution in [0.2, 0.25) is 5.15 Å². The third-order valence-electron chi connectivity index (χ3n) is 3.03. The van der Waals surface area contributed by atoms with Crippen molar-refractivity contribution in [2.24, 2.45) is 5.92 Å². The van der Waals surface area contributed by atoms with E-state index in [9.17, 15) is 4.79 Å². The molecule has 0 atom stereocenters. The van der Waals surface area contributed by atoms with E-state index in [4.69, 9.17) is 11.6 Å². The van der Waals surface area contributed by atoms with Gasteiger partial charge in [-0.25, -0.2) is 9.78 Å². The largest absolute Gasteiger partial charge is 0.465 e. The highest BCUT2D eigenvalue weighted by atomic mass is 35.5. The van der Waals surface area contributed by atoms with E-state index in [1.165, 1.54) is 37.7 Å². The summed E-state index contributed by atoms with van der Waals surface area (Å²) < 4.78 is 4.65. The third kappa shape index (κ3) is 2.72. The second-order valence-corrected chi connectivity index (χ2v) is 5.62. The average molecular weight is 275 g/mol. The first-order valence-electron chi connectivity index (χ1n) is 5.57. The predicted molar refractivity (Wildman–Crippen MR) is 69.1 cm³/mol. The van der Waals surface area contributed by atoms with Gasteiger partial charge in [0.25, 0.3) is 0 Å². The Bertz CT molecular complexity index is 418. The summed E-state index contributed by atoms with van der Waals surface area (Å²) in [6, 6.07) is 0. The number of carbonyl (C=O) groups is 1. The van der Waals surface area contributed by atoms with Crippen LogP contribution in [0.1, 0.15) is 28.9 Å². The fourth-order valence-corrected chi connectivity index (χ4v) is 2.98. The second kappa shape index (κ2) is 5.23. The predicted octanol–water partition coefficient (Wildman–Crippen LogP) is 2.82. The Morgan fingerprint density at radius 3 is 2.88 bits per heavy atom. The topological polar surface area (TPSA) is 42.4 Å². The van der Waals surface area contributed by atoms with Gasteiger partial charge in [-0.3, -0.25) is 0 Å². The molecule has 1 heterocycles. The smallest absolute Gasteiger partial charge is 0.351 e. The third-order valence-corrected chi connectivity index (χ3v) is 4.56. The first-order valence-corrected chi connectivity index (χ1v) is 6.77. The molecule has 0 radical (unpaired) electrons. The average Bonchev–Trinajstić information content (AvgIpc) is 2.64. The monoisotopic (exact) mass is 274 g/mol. The molecule has 0 aromatic carbocycles. The number of hydrogen-bond acceptors (Lipinski definition) is 5. The Hall–Kier alpha value is -0.810. The molecule has 2 rings (SSSR count). The molecule has 4 nitrogen and oxygen atoms in total. The molecule has 0 unspecified atom stereocenters. The van der Waals surface area contributed by atoms with Crippen molar-refractivity contribution >= 4 is 34.0 Å². The van der Waals surface area contributed by atoms with Crippen LogP contribution in [-0.2, 0) is 4.74 Å².